The predicted octanol–water partition coefficient (Wildman–Crippen LogP) is 2.08. The highest BCUT2D eigenvalue weighted by Gasteiger charge is 2.48. The first-order valence-electron chi connectivity index (χ1n) is 8.01. The SMILES string of the molecule is CCC1CN(Cc2cc(C)nn2C)C(C)(C2CC2)CN1. The van der Waals surface area contributed by atoms with E-state index in [0.29, 0.717) is 11.6 Å². The van der Waals surface area contributed by atoms with E-state index in [4.69, 9.17) is 0 Å². The molecule has 0 bridgehead atoms. The monoisotopic (exact) mass is 276 g/mol. The highest BCUT2D eigenvalue weighted by molar-refractivity contribution is 5.12. The van der Waals surface area contributed by atoms with E-state index < -0.39 is 0 Å². The van der Waals surface area contributed by atoms with E-state index in [1.54, 1.807) is 0 Å². The van der Waals surface area contributed by atoms with Crippen LogP contribution in [-0.2, 0) is 13.6 Å². The maximum atomic E-state index is 4.50. The Morgan fingerprint density at radius 1 is 1.45 bits per heavy atom. The lowest BCUT2D eigenvalue weighted by atomic mass is 9.89. The Labute approximate surface area is 122 Å². The molecule has 112 valence electrons. The highest BCUT2D eigenvalue weighted by atomic mass is 15.3. The van der Waals surface area contributed by atoms with E-state index in [-0.39, 0.29) is 0 Å². The van der Waals surface area contributed by atoms with Crippen molar-refractivity contribution in [2.45, 2.75) is 58.2 Å². The van der Waals surface area contributed by atoms with Crippen molar-refractivity contribution in [1.82, 2.24) is 20.0 Å². The average Bonchev–Trinajstić information content (AvgIpc) is 3.20. The fourth-order valence-electron chi connectivity index (χ4n) is 3.64. The van der Waals surface area contributed by atoms with Crippen molar-refractivity contribution in [2.24, 2.45) is 13.0 Å². The molecule has 0 aromatic carbocycles. The third-order valence-electron chi connectivity index (χ3n) is 5.31. The van der Waals surface area contributed by atoms with Crippen molar-refractivity contribution in [3.8, 4) is 0 Å². The fraction of sp³-hybridized carbons (Fsp3) is 0.812. The van der Waals surface area contributed by atoms with E-state index in [1.807, 2.05) is 4.68 Å². The molecule has 2 atom stereocenters. The van der Waals surface area contributed by atoms with Gasteiger partial charge in [-0.05, 0) is 45.1 Å². The quantitative estimate of drug-likeness (QED) is 0.914. The lowest BCUT2D eigenvalue weighted by Gasteiger charge is -2.48. The van der Waals surface area contributed by atoms with Crippen LogP contribution >= 0.6 is 0 Å². The topological polar surface area (TPSA) is 33.1 Å². The Bertz CT molecular complexity index is 477. The van der Waals surface area contributed by atoms with Gasteiger partial charge < -0.3 is 5.32 Å². The van der Waals surface area contributed by atoms with Gasteiger partial charge in [0.1, 0.15) is 0 Å². The van der Waals surface area contributed by atoms with Crippen LogP contribution < -0.4 is 5.32 Å². The van der Waals surface area contributed by atoms with Crippen molar-refractivity contribution >= 4 is 0 Å². The second-order valence-electron chi connectivity index (χ2n) is 6.90. The zero-order valence-corrected chi connectivity index (χ0v) is 13.3. The molecular formula is C16H28N4. The van der Waals surface area contributed by atoms with Gasteiger partial charge in [-0.25, -0.2) is 0 Å². The second-order valence-corrected chi connectivity index (χ2v) is 6.90. The first-order valence-corrected chi connectivity index (χ1v) is 8.01. The van der Waals surface area contributed by atoms with Gasteiger partial charge in [0.15, 0.2) is 0 Å². The molecule has 1 aromatic rings. The van der Waals surface area contributed by atoms with Gasteiger partial charge in [0.25, 0.3) is 0 Å². The van der Waals surface area contributed by atoms with Crippen LogP contribution in [0.4, 0.5) is 0 Å². The molecule has 2 heterocycles. The van der Waals surface area contributed by atoms with E-state index >= 15 is 0 Å². The van der Waals surface area contributed by atoms with Gasteiger partial charge in [0, 0.05) is 38.3 Å². The summed E-state index contributed by atoms with van der Waals surface area (Å²) in [6, 6.07) is 2.87. The van der Waals surface area contributed by atoms with Gasteiger partial charge >= 0.3 is 0 Å². The Balaban J connectivity index is 1.80. The summed E-state index contributed by atoms with van der Waals surface area (Å²) in [5, 5.41) is 8.25. The molecule has 2 unspecified atom stereocenters. The van der Waals surface area contributed by atoms with Gasteiger partial charge in [-0.1, -0.05) is 6.92 Å². The molecule has 0 spiro atoms. The number of hydrogen-bond acceptors (Lipinski definition) is 3. The van der Waals surface area contributed by atoms with Crippen LogP contribution in [0.1, 0.15) is 44.5 Å². The van der Waals surface area contributed by atoms with E-state index in [1.165, 1.54) is 25.0 Å². The van der Waals surface area contributed by atoms with E-state index in [2.05, 4.69) is 49.2 Å². The molecule has 2 fully saturated rings. The van der Waals surface area contributed by atoms with Crippen LogP contribution in [-0.4, -0.2) is 39.4 Å². The summed E-state index contributed by atoms with van der Waals surface area (Å²) in [6.07, 6.45) is 4.01. The molecule has 4 nitrogen and oxygen atoms in total. The fourth-order valence-corrected chi connectivity index (χ4v) is 3.64. The number of hydrogen-bond donors (Lipinski definition) is 1. The van der Waals surface area contributed by atoms with Gasteiger partial charge in [-0.15, -0.1) is 0 Å². The van der Waals surface area contributed by atoms with Crippen molar-refractivity contribution in [2.75, 3.05) is 13.1 Å². The van der Waals surface area contributed by atoms with E-state index in [9.17, 15) is 0 Å². The van der Waals surface area contributed by atoms with Crippen LogP contribution in [0.25, 0.3) is 0 Å². The summed E-state index contributed by atoms with van der Waals surface area (Å²) in [5.74, 6) is 0.877. The minimum atomic E-state index is 0.323. The molecule has 1 aliphatic carbocycles. The van der Waals surface area contributed by atoms with Gasteiger partial charge in [-0.3, -0.25) is 9.58 Å². The maximum absolute atomic E-state index is 4.50. The largest absolute Gasteiger partial charge is 0.311 e. The lowest BCUT2D eigenvalue weighted by Crippen LogP contribution is -2.63. The van der Waals surface area contributed by atoms with Crippen LogP contribution in [0.3, 0.4) is 0 Å². The first-order chi connectivity index (χ1) is 9.53. The predicted molar refractivity (Wildman–Crippen MR) is 81.6 cm³/mol. The highest BCUT2D eigenvalue weighted by Crippen LogP contribution is 2.44. The Hall–Kier alpha value is -0.870. The van der Waals surface area contributed by atoms with Crippen LogP contribution in [0.15, 0.2) is 6.07 Å². The minimum Gasteiger partial charge on any atom is -0.311 e. The smallest absolute Gasteiger partial charge is 0.0597 e. The summed E-state index contributed by atoms with van der Waals surface area (Å²) >= 11 is 0. The molecule has 1 aromatic heterocycles. The van der Waals surface area contributed by atoms with Crippen molar-refractivity contribution in [1.29, 1.82) is 0 Å². The maximum Gasteiger partial charge on any atom is 0.0597 e. The zero-order valence-electron chi connectivity index (χ0n) is 13.3. The molecule has 0 amide bonds. The molecule has 1 aliphatic heterocycles. The third-order valence-corrected chi connectivity index (χ3v) is 5.31. The lowest BCUT2D eigenvalue weighted by molar-refractivity contribution is 0.0252. The second kappa shape index (κ2) is 5.15. The Kier molecular flexibility index (Phi) is 3.63. The van der Waals surface area contributed by atoms with Crippen LogP contribution in [0.5, 0.6) is 0 Å². The Morgan fingerprint density at radius 2 is 2.20 bits per heavy atom. The minimum absolute atomic E-state index is 0.323. The van der Waals surface area contributed by atoms with Crippen molar-refractivity contribution < 1.29 is 0 Å². The van der Waals surface area contributed by atoms with Crippen molar-refractivity contribution in [3.05, 3.63) is 17.5 Å². The van der Waals surface area contributed by atoms with Crippen molar-refractivity contribution in [3.63, 3.8) is 0 Å². The molecule has 4 heteroatoms. The van der Waals surface area contributed by atoms with Crippen LogP contribution in [0.2, 0.25) is 0 Å². The van der Waals surface area contributed by atoms with E-state index in [0.717, 1.165) is 31.2 Å². The van der Waals surface area contributed by atoms with Gasteiger partial charge in [0.2, 0.25) is 0 Å². The third kappa shape index (κ3) is 2.51. The molecule has 2 aliphatic rings. The number of aromatic nitrogens is 2. The number of nitrogens with zero attached hydrogens (tertiary/aromatic N) is 3. The summed E-state index contributed by atoms with van der Waals surface area (Å²) in [4.78, 5) is 2.71. The number of aryl methyl sites for hydroxylation is 2. The number of nitrogens with one attached hydrogen (secondary N) is 1. The number of piperazine rings is 1. The summed E-state index contributed by atoms with van der Waals surface area (Å²) in [5.41, 5.74) is 2.79. The molecule has 1 saturated heterocycles. The summed E-state index contributed by atoms with van der Waals surface area (Å²) in [6.45, 7) is 10.1. The molecule has 20 heavy (non-hydrogen) atoms. The zero-order chi connectivity index (χ0) is 14.3. The van der Waals surface area contributed by atoms with Gasteiger partial charge in [0.05, 0.1) is 11.4 Å². The summed E-state index contributed by atoms with van der Waals surface area (Å²) < 4.78 is 2.05. The average molecular weight is 276 g/mol. The molecular weight excluding hydrogens is 248 g/mol. The first kappa shape index (κ1) is 14.1. The van der Waals surface area contributed by atoms with Crippen LogP contribution in [0, 0.1) is 12.8 Å². The molecule has 0 radical (unpaired) electrons. The Morgan fingerprint density at radius 3 is 2.75 bits per heavy atom. The normalized spacial score (nSPS) is 31.7. The molecule has 1 saturated carbocycles. The molecule has 1 N–H and O–H groups in total. The molecule has 3 rings (SSSR count). The standard InChI is InChI=1S/C16H28N4/c1-5-14-9-20(10-15-8-12(2)18-19(15)4)16(3,11-17-14)13-6-7-13/h8,13-14,17H,5-7,9-11H2,1-4H3. The number of rotatable bonds is 4. The van der Waals surface area contributed by atoms with Gasteiger partial charge in [-0.2, -0.15) is 5.10 Å². The summed E-state index contributed by atoms with van der Waals surface area (Å²) in [7, 11) is 2.07.